The molecule has 0 bridgehead atoms. The maximum atomic E-state index is 12.3. The first-order valence-electron chi connectivity index (χ1n) is 7.13. The zero-order valence-corrected chi connectivity index (χ0v) is 12.8. The summed E-state index contributed by atoms with van der Waals surface area (Å²) in [5.41, 5.74) is 6.54. The minimum Gasteiger partial charge on any atom is -0.368 e. The van der Waals surface area contributed by atoms with Gasteiger partial charge in [0.25, 0.3) is 5.69 Å². The van der Waals surface area contributed by atoms with Crippen LogP contribution in [0.3, 0.4) is 0 Å². The second-order valence-electron chi connectivity index (χ2n) is 4.93. The first kappa shape index (κ1) is 15.9. The predicted molar refractivity (Wildman–Crippen MR) is 91.7 cm³/mol. The van der Waals surface area contributed by atoms with E-state index in [1.54, 1.807) is 12.1 Å². The van der Waals surface area contributed by atoms with Crippen molar-refractivity contribution in [2.45, 2.75) is 0 Å². The van der Waals surface area contributed by atoms with Crippen molar-refractivity contribution in [2.24, 2.45) is 0 Å². The Labute approximate surface area is 141 Å². The molecule has 25 heavy (non-hydrogen) atoms. The van der Waals surface area contributed by atoms with Gasteiger partial charge in [-0.05, 0) is 18.2 Å². The number of hydrogen-bond acceptors (Lipinski definition) is 7. The topological polar surface area (TPSA) is 141 Å². The molecule has 0 spiro atoms. The number of nitrogens with two attached hydrogens (primary N) is 1. The summed E-state index contributed by atoms with van der Waals surface area (Å²) in [7, 11) is 0. The first-order chi connectivity index (χ1) is 12.0. The Morgan fingerprint density at radius 3 is 2.56 bits per heavy atom. The highest BCUT2D eigenvalue weighted by atomic mass is 16.6. The number of rotatable bonds is 4. The van der Waals surface area contributed by atoms with Gasteiger partial charge in [0.2, 0.25) is 11.9 Å². The zero-order chi connectivity index (χ0) is 17.8. The number of nitro groups is 1. The number of non-ortho nitro benzene ring substituents is 1. The Hall–Kier alpha value is -3.95. The number of aromatic nitrogens is 3. The molecule has 126 valence electrons. The Morgan fingerprint density at radius 1 is 1.12 bits per heavy atom. The number of nitrogen functional groups attached to an aromatic ring is 1. The van der Waals surface area contributed by atoms with E-state index in [0.29, 0.717) is 0 Å². The number of carbonyl (C=O) groups excluding carboxylic acids is 1. The highest BCUT2D eigenvalue weighted by Crippen LogP contribution is 2.18. The molecule has 0 fully saturated rings. The smallest absolute Gasteiger partial charge is 0.349 e. The van der Waals surface area contributed by atoms with Crippen LogP contribution in [-0.4, -0.2) is 25.7 Å². The average molecular weight is 339 g/mol. The number of hydrogen-bond donors (Lipinski definition) is 3. The second-order valence-corrected chi connectivity index (χ2v) is 4.93. The molecular formula is C15H13N7O3. The summed E-state index contributed by atoms with van der Waals surface area (Å²) in [5.74, 6) is 0.0271. The highest BCUT2D eigenvalue weighted by molar-refractivity contribution is 5.92. The van der Waals surface area contributed by atoms with E-state index < -0.39 is 11.0 Å². The third kappa shape index (κ3) is 3.69. The number of nitrogens with one attached hydrogen (secondary N) is 2. The quantitative estimate of drug-likeness (QED) is 0.490. The molecule has 10 heteroatoms. The lowest BCUT2D eigenvalue weighted by molar-refractivity contribution is -0.384. The van der Waals surface area contributed by atoms with Gasteiger partial charge in [0.05, 0.1) is 4.92 Å². The largest absolute Gasteiger partial charge is 0.368 e. The fourth-order valence-electron chi connectivity index (χ4n) is 2.05. The summed E-state index contributed by atoms with van der Waals surface area (Å²) in [5, 5.41) is 20.2. The van der Waals surface area contributed by atoms with E-state index in [1.807, 2.05) is 18.2 Å². The SMILES string of the molecule is Nc1nc(Nc2ccccc2)nn1C(=O)Nc1cccc([N+](=O)[O-])c1. The van der Waals surface area contributed by atoms with Crippen molar-refractivity contribution in [1.29, 1.82) is 0 Å². The van der Waals surface area contributed by atoms with Gasteiger partial charge in [-0.15, -0.1) is 9.78 Å². The molecule has 1 amide bonds. The van der Waals surface area contributed by atoms with Crippen molar-refractivity contribution in [3.8, 4) is 0 Å². The normalized spacial score (nSPS) is 10.2. The Bertz CT molecular complexity index is 924. The van der Waals surface area contributed by atoms with Gasteiger partial charge < -0.3 is 16.4 Å². The molecule has 1 aromatic heterocycles. The maximum absolute atomic E-state index is 12.3. The summed E-state index contributed by atoms with van der Waals surface area (Å²) >= 11 is 0. The van der Waals surface area contributed by atoms with E-state index in [1.165, 1.54) is 24.3 Å². The van der Waals surface area contributed by atoms with Crippen LogP contribution in [0.25, 0.3) is 0 Å². The monoisotopic (exact) mass is 339 g/mol. The molecule has 0 saturated carbocycles. The number of anilines is 4. The summed E-state index contributed by atoms with van der Waals surface area (Å²) < 4.78 is 0.865. The second kappa shape index (κ2) is 6.66. The number of nitro benzene ring substituents is 1. The molecule has 3 rings (SSSR count). The van der Waals surface area contributed by atoms with Crippen molar-refractivity contribution in [2.75, 3.05) is 16.4 Å². The molecular weight excluding hydrogens is 326 g/mol. The molecule has 3 aromatic rings. The maximum Gasteiger partial charge on any atom is 0.349 e. The molecule has 2 aromatic carbocycles. The number of carbonyl (C=O) groups is 1. The van der Waals surface area contributed by atoms with E-state index in [-0.39, 0.29) is 23.3 Å². The minimum absolute atomic E-state index is 0.124. The molecule has 0 unspecified atom stereocenters. The Morgan fingerprint density at radius 2 is 1.84 bits per heavy atom. The average Bonchev–Trinajstić information content (AvgIpc) is 2.96. The van der Waals surface area contributed by atoms with Crippen LogP contribution in [0.1, 0.15) is 0 Å². The number of para-hydroxylation sites is 1. The molecule has 4 N–H and O–H groups in total. The fourth-order valence-corrected chi connectivity index (χ4v) is 2.05. The van der Waals surface area contributed by atoms with Crippen molar-refractivity contribution >= 4 is 35.0 Å². The van der Waals surface area contributed by atoms with Gasteiger partial charge in [0.1, 0.15) is 0 Å². The van der Waals surface area contributed by atoms with Gasteiger partial charge >= 0.3 is 6.03 Å². The standard InChI is InChI=1S/C15H13N7O3/c16-13-19-14(17-10-5-2-1-3-6-10)20-21(13)15(23)18-11-7-4-8-12(9-11)22(24)25/h1-9H,(H,18,23)(H3,16,17,19,20). The molecule has 1 heterocycles. The van der Waals surface area contributed by atoms with E-state index in [9.17, 15) is 14.9 Å². The van der Waals surface area contributed by atoms with Crippen molar-refractivity contribution in [3.05, 3.63) is 64.7 Å². The Balaban J connectivity index is 1.76. The number of benzene rings is 2. The summed E-state index contributed by atoms with van der Waals surface area (Å²) in [6.45, 7) is 0. The van der Waals surface area contributed by atoms with Crippen LogP contribution in [0.2, 0.25) is 0 Å². The number of amides is 1. The minimum atomic E-state index is -0.688. The highest BCUT2D eigenvalue weighted by Gasteiger charge is 2.15. The summed E-state index contributed by atoms with van der Waals surface area (Å²) in [6, 6.07) is 14.0. The lowest BCUT2D eigenvalue weighted by atomic mass is 10.3. The van der Waals surface area contributed by atoms with Crippen LogP contribution in [-0.2, 0) is 0 Å². The fraction of sp³-hybridized carbons (Fsp3) is 0. The lowest BCUT2D eigenvalue weighted by Crippen LogP contribution is -2.22. The van der Waals surface area contributed by atoms with Crippen molar-refractivity contribution in [1.82, 2.24) is 14.8 Å². The van der Waals surface area contributed by atoms with Crippen LogP contribution in [0.5, 0.6) is 0 Å². The third-order valence-corrected chi connectivity index (χ3v) is 3.16. The van der Waals surface area contributed by atoms with E-state index in [0.717, 1.165) is 10.4 Å². The van der Waals surface area contributed by atoms with Gasteiger partial charge in [-0.25, -0.2) is 4.79 Å². The molecule has 0 aliphatic heterocycles. The molecule has 10 nitrogen and oxygen atoms in total. The third-order valence-electron chi connectivity index (χ3n) is 3.16. The van der Waals surface area contributed by atoms with Crippen molar-refractivity contribution < 1.29 is 9.72 Å². The van der Waals surface area contributed by atoms with Crippen LogP contribution in [0.15, 0.2) is 54.6 Å². The van der Waals surface area contributed by atoms with Gasteiger partial charge in [-0.1, -0.05) is 24.3 Å². The van der Waals surface area contributed by atoms with E-state index in [2.05, 4.69) is 20.7 Å². The van der Waals surface area contributed by atoms with Gasteiger partial charge in [0.15, 0.2) is 0 Å². The van der Waals surface area contributed by atoms with Gasteiger partial charge in [0, 0.05) is 23.5 Å². The lowest BCUT2D eigenvalue weighted by Gasteiger charge is -2.05. The zero-order valence-electron chi connectivity index (χ0n) is 12.8. The van der Waals surface area contributed by atoms with E-state index >= 15 is 0 Å². The molecule has 0 aliphatic rings. The molecule has 0 radical (unpaired) electrons. The molecule has 0 atom stereocenters. The predicted octanol–water partition coefficient (Wildman–Crippen LogP) is 2.59. The summed E-state index contributed by atoms with van der Waals surface area (Å²) in [6.07, 6.45) is 0. The van der Waals surface area contributed by atoms with Crippen LogP contribution in [0, 0.1) is 10.1 Å². The Kier molecular flexibility index (Phi) is 4.24. The van der Waals surface area contributed by atoms with Gasteiger partial charge in [-0.2, -0.15) is 4.98 Å². The summed E-state index contributed by atoms with van der Waals surface area (Å²) in [4.78, 5) is 26.4. The van der Waals surface area contributed by atoms with Crippen LogP contribution < -0.4 is 16.4 Å². The van der Waals surface area contributed by atoms with Crippen LogP contribution >= 0.6 is 0 Å². The van der Waals surface area contributed by atoms with E-state index in [4.69, 9.17) is 5.73 Å². The number of nitrogens with zero attached hydrogens (tertiary/aromatic N) is 4. The first-order valence-corrected chi connectivity index (χ1v) is 7.13. The van der Waals surface area contributed by atoms with Crippen molar-refractivity contribution in [3.63, 3.8) is 0 Å². The molecule has 0 saturated heterocycles. The van der Waals surface area contributed by atoms with Gasteiger partial charge in [-0.3, -0.25) is 10.1 Å². The van der Waals surface area contributed by atoms with Crippen LogP contribution in [0.4, 0.5) is 33.8 Å². The molecule has 0 aliphatic carbocycles.